The summed E-state index contributed by atoms with van der Waals surface area (Å²) in [5.74, 6) is 0.936. The highest BCUT2D eigenvalue weighted by Crippen LogP contribution is 2.27. The monoisotopic (exact) mass is 606 g/mol. The molecule has 1 aliphatic rings. The number of aliphatic carboxylic acids is 2. The first-order valence-corrected chi connectivity index (χ1v) is 14.1. The second-order valence-corrected chi connectivity index (χ2v) is 10.5. The van der Waals surface area contributed by atoms with E-state index in [1.54, 1.807) is 12.5 Å². The number of pyridine rings is 1. The molecule has 1 fully saturated rings. The Labute approximate surface area is 258 Å². The number of piperazine rings is 1. The van der Waals surface area contributed by atoms with Crippen molar-refractivity contribution >= 4 is 46.1 Å². The highest BCUT2D eigenvalue weighted by molar-refractivity contribution is 5.94. The lowest BCUT2D eigenvalue weighted by Gasteiger charge is -2.44. The average Bonchev–Trinajstić information content (AvgIpc) is 2.96. The number of anilines is 2. The Morgan fingerprint density at radius 2 is 1.82 bits per heavy atom. The number of fused-ring (bicyclic) bond motifs is 1. The summed E-state index contributed by atoms with van der Waals surface area (Å²) in [5.41, 5.74) is 1.66. The van der Waals surface area contributed by atoms with E-state index in [4.69, 9.17) is 24.8 Å². The molecule has 0 radical (unpaired) electrons. The van der Waals surface area contributed by atoms with Crippen LogP contribution in [0.3, 0.4) is 0 Å². The van der Waals surface area contributed by atoms with Crippen LogP contribution >= 0.6 is 0 Å². The van der Waals surface area contributed by atoms with Gasteiger partial charge < -0.3 is 30.2 Å². The summed E-state index contributed by atoms with van der Waals surface area (Å²) in [6.07, 6.45) is 5.47. The molecule has 0 bridgehead atoms. The topological polar surface area (TPSA) is 183 Å². The number of carboxylic acids is 2. The molecule has 3 aromatic rings. The Morgan fingerprint density at radius 1 is 1.11 bits per heavy atom. The zero-order valence-corrected chi connectivity index (χ0v) is 26.1. The molecule has 3 heterocycles. The summed E-state index contributed by atoms with van der Waals surface area (Å²) in [5, 5.41) is 31.5. The van der Waals surface area contributed by atoms with Crippen LogP contribution in [0.15, 0.2) is 53.9 Å². The van der Waals surface area contributed by atoms with E-state index < -0.39 is 11.9 Å². The zero-order valence-electron chi connectivity index (χ0n) is 26.1. The van der Waals surface area contributed by atoms with Crippen LogP contribution in [0.25, 0.3) is 10.9 Å². The first-order valence-electron chi connectivity index (χ1n) is 14.1. The third-order valence-corrected chi connectivity index (χ3v) is 6.32. The number of hydrogen-bond donors (Lipinski definition) is 4. The van der Waals surface area contributed by atoms with Gasteiger partial charge in [-0.1, -0.05) is 19.9 Å². The number of aliphatic imine (C=N–C) groups is 1. The van der Waals surface area contributed by atoms with E-state index in [9.17, 15) is 5.26 Å². The number of nitrogens with one attached hydrogen (secondary N) is 2. The second kappa shape index (κ2) is 17.8. The van der Waals surface area contributed by atoms with Gasteiger partial charge in [0.15, 0.2) is 6.19 Å². The molecule has 0 amide bonds. The Kier molecular flexibility index (Phi) is 14.2. The van der Waals surface area contributed by atoms with E-state index in [1.807, 2.05) is 36.4 Å². The van der Waals surface area contributed by atoms with Gasteiger partial charge in [0.05, 0.1) is 17.2 Å². The van der Waals surface area contributed by atoms with Gasteiger partial charge in [0.1, 0.15) is 18.0 Å². The molecule has 1 atom stereocenters. The molecule has 1 saturated heterocycles. The molecular weight excluding hydrogens is 564 g/mol. The maximum absolute atomic E-state index is 9.53. The van der Waals surface area contributed by atoms with Gasteiger partial charge in [0.2, 0.25) is 5.96 Å². The number of hydrogen-bond acceptors (Lipinski definition) is 10. The molecule has 1 unspecified atom stereocenters. The number of guanidine groups is 1. The van der Waals surface area contributed by atoms with Gasteiger partial charge in [-0.05, 0) is 44.3 Å². The average molecular weight is 607 g/mol. The number of aromatic nitrogens is 3. The van der Waals surface area contributed by atoms with Crippen LogP contribution < -0.4 is 15.5 Å². The van der Waals surface area contributed by atoms with Gasteiger partial charge in [-0.2, -0.15) is 5.26 Å². The molecule has 236 valence electrons. The smallest absolute Gasteiger partial charge is 0.300 e. The van der Waals surface area contributed by atoms with Gasteiger partial charge in [-0.3, -0.25) is 19.9 Å². The summed E-state index contributed by atoms with van der Waals surface area (Å²) >= 11 is 0. The lowest BCUT2D eigenvalue weighted by atomic mass is 9.99. The van der Waals surface area contributed by atoms with Crippen LogP contribution in [0.1, 0.15) is 27.7 Å². The van der Waals surface area contributed by atoms with Gasteiger partial charge >= 0.3 is 0 Å². The molecule has 2 aromatic heterocycles. The van der Waals surface area contributed by atoms with E-state index in [0.29, 0.717) is 18.4 Å². The minimum absolute atomic E-state index is 0.131. The third-order valence-electron chi connectivity index (χ3n) is 6.32. The first-order chi connectivity index (χ1) is 20.9. The minimum Gasteiger partial charge on any atom is -0.481 e. The third kappa shape index (κ3) is 11.7. The van der Waals surface area contributed by atoms with E-state index in [0.717, 1.165) is 68.3 Å². The fourth-order valence-corrected chi connectivity index (χ4v) is 4.39. The Morgan fingerprint density at radius 3 is 2.45 bits per heavy atom. The highest BCUT2D eigenvalue weighted by atomic mass is 16.4. The fraction of sp³-hybridized carbons (Fsp3) is 0.433. The molecule has 0 spiro atoms. The molecule has 4 N–H and O–H groups in total. The number of carbonyl (C=O) groups is 2. The normalized spacial score (nSPS) is 14.6. The number of rotatable bonds is 7. The van der Waals surface area contributed by atoms with E-state index in [1.165, 1.54) is 0 Å². The Balaban J connectivity index is 0.000000754. The second-order valence-electron chi connectivity index (χ2n) is 10.5. The van der Waals surface area contributed by atoms with Gasteiger partial charge in [0.25, 0.3) is 11.9 Å². The van der Waals surface area contributed by atoms with Crippen molar-refractivity contribution < 1.29 is 19.8 Å². The maximum Gasteiger partial charge on any atom is 0.300 e. The molecule has 14 heteroatoms. The van der Waals surface area contributed by atoms with Crippen LogP contribution in [0.2, 0.25) is 0 Å². The molecule has 0 saturated carbocycles. The zero-order chi connectivity index (χ0) is 32.6. The summed E-state index contributed by atoms with van der Waals surface area (Å²) < 4.78 is 0. The molecule has 0 aliphatic carbocycles. The van der Waals surface area contributed by atoms with Crippen molar-refractivity contribution in [3.8, 4) is 6.19 Å². The Hall–Kier alpha value is -5.03. The van der Waals surface area contributed by atoms with Crippen molar-refractivity contribution in [2.75, 3.05) is 57.0 Å². The summed E-state index contributed by atoms with van der Waals surface area (Å²) in [7, 11) is 4.10. The molecule has 1 aromatic carbocycles. The number of nitriles is 1. The van der Waals surface area contributed by atoms with Crippen molar-refractivity contribution in [3.63, 3.8) is 0 Å². The number of likely N-dealkylation sites (N-methyl/N-ethyl adjacent to an activating group) is 1. The quantitative estimate of drug-likeness (QED) is 0.133. The van der Waals surface area contributed by atoms with Gasteiger partial charge in [-0.15, -0.1) is 0 Å². The van der Waals surface area contributed by atoms with Crippen LogP contribution in [-0.2, 0) is 9.59 Å². The number of benzene rings is 1. The van der Waals surface area contributed by atoms with Crippen molar-refractivity contribution in [3.05, 3.63) is 48.9 Å². The van der Waals surface area contributed by atoms with Crippen LogP contribution in [-0.4, -0.2) is 106 Å². The van der Waals surface area contributed by atoms with Crippen molar-refractivity contribution in [2.45, 2.75) is 33.7 Å². The maximum atomic E-state index is 9.53. The lowest BCUT2D eigenvalue weighted by Crippen LogP contribution is -2.59. The van der Waals surface area contributed by atoms with E-state index in [-0.39, 0.29) is 6.04 Å². The highest BCUT2D eigenvalue weighted by Gasteiger charge is 2.32. The van der Waals surface area contributed by atoms with Crippen molar-refractivity contribution in [1.29, 1.82) is 5.26 Å². The van der Waals surface area contributed by atoms with Crippen molar-refractivity contribution in [2.24, 2.45) is 10.9 Å². The van der Waals surface area contributed by atoms with Crippen LogP contribution in [0.5, 0.6) is 0 Å². The predicted octanol–water partition coefficient (Wildman–Crippen LogP) is 3.09. The number of nitrogens with zero attached hydrogens (tertiary/aromatic N) is 8. The summed E-state index contributed by atoms with van der Waals surface area (Å²) in [6.45, 7) is 10.5. The van der Waals surface area contributed by atoms with Gasteiger partial charge in [0, 0.05) is 64.2 Å². The molecule has 4 rings (SSSR count). The fourth-order valence-electron chi connectivity index (χ4n) is 4.39. The minimum atomic E-state index is -0.833. The number of carboxylic acid groups (broad SMARTS) is 2. The molecule has 44 heavy (non-hydrogen) atoms. The largest absolute Gasteiger partial charge is 0.481 e. The Bertz CT molecular complexity index is 1420. The van der Waals surface area contributed by atoms with E-state index >= 15 is 0 Å². The van der Waals surface area contributed by atoms with Crippen LogP contribution in [0, 0.1) is 17.4 Å². The van der Waals surface area contributed by atoms with E-state index in [2.05, 4.69) is 74.4 Å². The summed E-state index contributed by atoms with van der Waals surface area (Å²) in [6, 6.07) is 11.9. The lowest BCUT2D eigenvalue weighted by molar-refractivity contribution is -0.135. The molecule has 14 nitrogen and oxygen atoms in total. The standard InChI is InChI=1S/C26H34N10.2C2H4O2/c1-19(2)23-16-35(25-15-24(31-18-32-25)29-11-12-34(3)4)13-14-36(23)26(30-17-27)33-22-9-5-8-21-20(22)7-6-10-28-21;2*1-2(3)4/h5-10,15,18-19,23H,11-14,16H2,1-4H3,(H,30,33)(H,29,31,32);2*1H3,(H,3,4). The molecular formula is C30H42N10O4. The summed E-state index contributed by atoms with van der Waals surface area (Å²) in [4.78, 5) is 42.9. The predicted molar refractivity (Wildman–Crippen MR) is 171 cm³/mol. The van der Waals surface area contributed by atoms with Crippen molar-refractivity contribution in [1.82, 2.24) is 30.1 Å². The molecule has 1 aliphatic heterocycles. The SMILES string of the molecule is CC(=O)O.CC(=O)O.CC(C)C1CN(c2cc(NCCN(C)C)ncn2)CCN1C(=Nc1cccc2ncccc12)NC#N. The van der Waals surface area contributed by atoms with Gasteiger partial charge in [-0.25, -0.2) is 15.0 Å². The first kappa shape index (κ1) is 35.2. The van der Waals surface area contributed by atoms with Crippen LogP contribution in [0.4, 0.5) is 17.3 Å².